The highest BCUT2D eigenvalue weighted by atomic mass is 16.5. The summed E-state index contributed by atoms with van der Waals surface area (Å²) in [4.78, 5) is 36.3. The highest BCUT2D eigenvalue weighted by molar-refractivity contribution is 5.98. The predicted molar refractivity (Wildman–Crippen MR) is 108 cm³/mol. The van der Waals surface area contributed by atoms with Crippen molar-refractivity contribution in [3.63, 3.8) is 0 Å². The molecule has 29 heavy (non-hydrogen) atoms. The lowest BCUT2D eigenvalue weighted by Gasteiger charge is -2.18. The van der Waals surface area contributed by atoms with Crippen LogP contribution in [0.2, 0.25) is 0 Å². The number of carbonyl (C=O) groups excluding carboxylic acids is 3. The van der Waals surface area contributed by atoms with Crippen LogP contribution in [0.3, 0.4) is 0 Å². The number of methoxy groups -OCH3 is 1. The molecule has 0 spiro atoms. The maximum Gasteiger partial charge on any atom is 0.339 e. The summed E-state index contributed by atoms with van der Waals surface area (Å²) >= 11 is 0. The lowest BCUT2D eigenvalue weighted by molar-refractivity contribution is -0.125. The Kier molecular flexibility index (Phi) is 6.37. The molecule has 0 radical (unpaired) electrons. The molecule has 1 amide bonds. The van der Waals surface area contributed by atoms with E-state index in [9.17, 15) is 14.4 Å². The average molecular weight is 389 g/mol. The van der Waals surface area contributed by atoms with Gasteiger partial charge in [0.05, 0.1) is 12.7 Å². The first kappa shape index (κ1) is 19.8. The largest absolute Gasteiger partial charge is 0.497 e. The first-order valence-corrected chi connectivity index (χ1v) is 8.87. The fourth-order valence-corrected chi connectivity index (χ4v) is 2.68. The fourth-order valence-electron chi connectivity index (χ4n) is 2.68. The van der Waals surface area contributed by atoms with E-state index >= 15 is 0 Å². The average Bonchev–Trinajstić information content (AvgIpc) is 2.78. The van der Waals surface area contributed by atoms with Gasteiger partial charge in [0.1, 0.15) is 12.0 Å². The highest BCUT2D eigenvalue weighted by Gasteiger charge is 2.26. The molecule has 0 heterocycles. The number of anilines is 1. The zero-order valence-corrected chi connectivity index (χ0v) is 15.7. The quantitative estimate of drug-likeness (QED) is 0.487. The van der Waals surface area contributed by atoms with Crippen LogP contribution in [0.5, 0.6) is 5.75 Å². The SMILES string of the molecule is COc1cccc(NC(=O)[C@@H](OC(=O)c2ccc(C=O)cc2)c2ccccc2)c1. The van der Waals surface area contributed by atoms with E-state index in [1.807, 2.05) is 0 Å². The molecular formula is C23H19NO5. The van der Waals surface area contributed by atoms with Crippen molar-refractivity contribution < 1.29 is 23.9 Å². The molecule has 6 nitrogen and oxygen atoms in total. The van der Waals surface area contributed by atoms with Crippen LogP contribution in [0.15, 0.2) is 78.9 Å². The first-order chi connectivity index (χ1) is 14.1. The van der Waals surface area contributed by atoms with Crippen molar-refractivity contribution in [3.8, 4) is 5.75 Å². The third-order valence-electron chi connectivity index (χ3n) is 4.19. The van der Waals surface area contributed by atoms with Crippen molar-refractivity contribution >= 4 is 23.9 Å². The van der Waals surface area contributed by atoms with Gasteiger partial charge in [-0.1, -0.05) is 48.5 Å². The van der Waals surface area contributed by atoms with Gasteiger partial charge in [0.15, 0.2) is 0 Å². The Morgan fingerprint density at radius 1 is 0.931 bits per heavy atom. The summed E-state index contributed by atoms with van der Waals surface area (Å²) in [6.45, 7) is 0. The topological polar surface area (TPSA) is 81.7 Å². The van der Waals surface area contributed by atoms with Gasteiger partial charge in [-0.3, -0.25) is 9.59 Å². The number of aldehydes is 1. The van der Waals surface area contributed by atoms with Crippen LogP contribution in [0.4, 0.5) is 5.69 Å². The van der Waals surface area contributed by atoms with E-state index in [-0.39, 0.29) is 5.56 Å². The van der Waals surface area contributed by atoms with Crippen LogP contribution >= 0.6 is 0 Å². The molecule has 0 saturated heterocycles. The number of nitrogens with one attached hydrogen (secondary N) is 1. The van der Waals surface area contributed by atoms with Crippen molar-refractivity contribution in [1.29, 1.82) is 0 Å². The Hall–Kier alpha value is -3.93. The van der Waals surface area contributed by atoms with Gasteiger partial charge in [0.25, 0.3) is 5.91 Å². The lowest BCUT2D eigenvalue weighted by atomic mass is 10.1. The molecule has 3 aromatic rings. The molecule has 0 fully saturated rings. The van der Waals surface area contributed by atoms with Crippen molar-refractivity contribution in [3.05, 3.63) is 95.6 Å². The van der Waals surface area contributed by atoms with E-state index < -0.39 is 18.0 Å². The Morgan fingerprint density at radius 3 is 2.31 bits per heavy atom. The molecule has 146 valence electrons. The molecule has 0 aliphatic heterocycles. The van der Waals surface area contributed by atoms with Gasteiger partial charge < -0.3 is 14.8 Å². The molecule has 3 rings (SSSR count). The molecule has 0 bridgehead atoms. The number of amides is 1. The van der Waals surface area contributed by atoms with Gasteiger partial charge in [-0.05, 0) is 24.3 Å². The van der Waals surface area contributed by atoms with Crippen molar-refractivity contribution in [2.45, 2.75) is 6.10 Å². The smallest absolute Gasteiger partial charge is 0.339 e. The number of ether oxygens (including phenoxy) is 2. The Balaban J connectivity index is 1.83. The van der Waals surface area contributed by atoms with Crippen molar-refractivity contribution in [2.24, 2.45) is 0 Å². The first-order valence-electron chi connectivity index (χ1n) is 8.87. The minimum Gasteiger partial charge on any atom is -0.497 e. The maximum atomic E-state index is 12.9. The zero-order valence-electron chi connectivity index (χ0n) is 15.7. The van der Waals surface area contributed by atoms with E-state index in [1.54, 1.807) is 54.6 Å². The van der Waals surface area contributed by atoms with Gasteiger partial charge in [-0.15, -0.1) is 0 Å². The maximum absolute atomic E-state index is 12.9. The monoisotopic (exact) mass is 389 g/mol. The number of benzene rings is 3. The lowest BCUT2D eigenvalue weighted by Crippen LogP contribution is -2.26. The zero-order chi connectivity index (χ0) is 20.6. The molecule has 0 unspecified atom stereocenters. The summed E-state index contributed by atoms with van der Waals surface area (Å²) in [5, 5.41) is 2.75. The summed E-state index contributed by atoms with van der Waals surface area (Å²) in [7, 11) is 1.53. The Labute approximate surface area is 168 Å². The molecule has 0 aromatic heterocycles. The van der Waals surface area contributed by atoms with Gasteiger partial charge in [-0.2, -0.15) is 0 Å². The van der Waals surface area contributed by atoms with Crippen LogP contribution in [0, 0.1) is 0 Å². The molecule has 6 heteroatoms. The van der Waals surface area contributed by atoms with E-state index in [2.05, 4.69) is 5.32 Å². The van der Waals surface area contributed by atoms with Gasteiger partial charge in [0, 0.05) is 22.9 Å². The van der Waals surface area contributed by atoms with E-state index in [0.717, 1.165) is 0 Å². The Morgan fingerprint density at radius 2 is 1.66 bits per heavy atom. The molecular weight excluding hydrogens is 370 g/mol. The molecule has 3 aromatic carbocycles. The van der Waals surface area contributed by atoms with Crippen LogP contribution < -0.4 is 10.1 Å². The molecule has 0 saturated carbocycles. The number of rotatable bonds is 7. The van der Waals surface area contributed by atoms with E-state index in [4.69, 9.17) is 9.47 Å². The number of hydrogen-bond acceptors (Lipinski definition) is 5. The minimum atomic E-state index is -1.15. The fraction of sp³-hybridized carbons (Fsp3) is 0.0870. The van der Waals surface area contributed by atoms with E-state index in [1.165, 1.54) is 31.4 Å². The van der Waals surface area contributed by atoms with Crippen LogP contribution in [0.25, 0.3) is 0 Å². The number of hydrogen-bond donors (Lipinski definition) is 1. The van der Waals surface area contributed by atoms with Crippen LogP contribution in [-0.4, -0.2) is 25.3 Å². The third kappa shape index (κ3) is 5.07. The van der Waals surface area contributed by atoms with Gasteiger partial charge >= 0.3 is 5.97 Å². The van der Waals surface area contributed by atoms with Gasteiger partial charge in [0.2, 0.25) is 6.10 Å². The van der Waals surface area contributed by atoms with Crippen molar-refractivity contribution in [1.82, 2.24) is 0 Å². The summed E-state index contributed by atoms with van der Waals surface area (Å²) in [6, 6.07) is 21.6. The van der Waals surface area contributed by atoms with Gasteiger partial charge in [-0.25, -0.2) is 4.79 Å². The van der Waals surface area contributed by atoms with E-state index in [0.29, 0.717) is 28.8 Å². The second-order valence-electron chi connectivity index (χ2n) is 6.16. The molecule has 0 aliphatic rings. The normalized spacial score (nSPS) is 11.2. The molecule has 1 atom stereocenters. The second-order valence-corrected chi connectivity index (χ2v) is 6.16. The highest BCUT2D eigenvalue weighted by Crippen LogP contribution is 2.23. The summed E-state index contributed by atoms with van der Waals surface area (Å²) in [5.41, 5.74) is 1.73. The predicted octanol–water partition coefficient (Wildman–Crippen LogP) is 4.04. The summed E-state index contributed by atoms with van der Waals surface area (Å²) < 4.78 is 10.7. The summed E-state index contributed by atoms with van der Waals surface area (Å²) in [6.07, 6.45) is -0.468. The van der Waals surface area contributed by atoms with Crippen LogP contribution in [-0.2, 0) is 9.53 Å². The Bertz CT molecular complexity index is 999. The van der Waals surface area contributed by atoms with Crippen molar-refractivity contribution in [2.75, 3.05) is 12.4 Å². The minimum absolute atomic E-state index is 0.241. The number of carbonyl (C=O) groups is 3. The second kappa shape index (κ2) is 9.32. The molecule has 0 aliphatic carbocycles. The van der Waals surface area contributed by atoms with Crippen LogP contribution in [0.1, 0.15) is 32.4 Å². The summed E-state index contributed by atoms with van der Waals surface area (Å²) in [5.74, 6) is -0.578. The standard InChI is InChI=1S/C23H19NO5/c1-28-20-9-5-8-19(14-20)24-22(26)21(17-6-3-2-4-7-17)29-23(27)18-12-10-16(15-25)11-13-18/h2-15,21H,1H3,(H,24,26)/t21-/m0/s1. The molecule has 1 N–H and O–H groups in total. The third-order valence-corrected chi connectivity index (χ3v) is 4.19. The number of esters is 1.